The zero-order chi connectivity index (χ0) is 82.0. The molecule has 0 aromatic heterocycles. The second-order valence-electron chi connectivity index (χ2n) is 17.0. The Kier molecular flexibility index (Phi) is 140. The molecule has 0 fully saturated rings. The highest BCUT2D eigenvalue weighted by atomic mass is 32.2. The van der Waals surface area contributed by atoms with Crippen molar-refractivity contribution in [3.63, 3.8) is 0 Å². The van der Waals surface area contributed by atoms with Gasteiger partial charge in [-0.15, -0.1) is 11.8 Å². The lowest BCUT2D eigenvalue weighted by Gasteiger charge is -2.00. The van der Waals surface area contributed by atoms with Crippen molar-refractivity contribution >= 4 is 101 Å². The Morgan fingerprint density at radius 3 is 0.951 bits per heavy atom. The van der Waals surface area contributed by atoms with Gasteiger partial charge in [0.2, 0.25) is 0 Å². The van der Waals surface area contributed by atoms with Crippen LogP contribution in [0.5, 0.6) is 0 Å². The molecular weight excluding hydrogens is 1410 g/mol. The highest BCUT2D eigenvalue weighted by Crippen LogP contribution is 1.98. The standard InChI is InChI=1S/2C6H10O4.C6H10O3.3C6H12O3.C6H12O2.C6H14O2.2C5H10O3.C5H10O2S.C5H12OS/c1-3-10-6(8)4-5(7)9-2;1-3-5(7)10-4-6(8)9-2;1-3-5(7)4-6(8)9-2;2*1-3-8-5-6(7)9-4-2;1-3-6(7)9-5-8-4-2;1-3-6(7)5-8-4-2;1-3-5-8-6-7-4-2;1-3-8-4-5(6)7-2;1-3-8-5(6)4-7-2;1-3-8-4-5(6)7-2;1-3-6-5-7-4-2/h2*3-4H2,1-2H3;3-4H2,1-2H3;3*3-5H2,1-2H3;3-5H2,1-2H3;3-6H2,1-2H3;3*3-4H2,1-2H3;3-5H2,1-2H3. The number of carbonyl (C=O) groups is 13. The van der Waals surface area contributed by atoms with Gasteiger partial charge >= 0.3 is 65.7 Å². The summed E-state index contributed by atoms with van der Waals surface area (Å²) < 4.78 is 91.8. The van der Waals surface area contributed by atoms with Crippen molar-refractivity contribution in [1.29, 1.82) is 0 Å². The molecule has 0 aliphatic carbocycles. The molecule has 0 N–H and O–H groups in total. The first-order chi connectivity index (χ1) is 49.1. The minimum absolute atomic E-state index is 0.0494. The van der Waals surface area contributed by atoms with Crippen LogP contribution in [-0.2, 0) is 157 Å². The fourth-order valence-electron chi connectivity index (χ4n) is 3.83. The summed E-state index contributed by atoms with van der Waals surface area (Å²) in [5, 5.41) is 0. The molecule has 33 nitrogen and oxygen atoms in total. The maximum atomic E-state index is 10.5. The molecule has 0 aromatic carbocycles. The first-order valence-electron chi connectivity index (χ1n) is 33.7. The lowest BCUT2D eigenvalue weighted by atomic mass is 10.2. The molecule has 0 atom stereocenters. The quantitative estimate of drug-likeness (QED) is 0.0182. The van der Waals surface area contributed by atoms with Crippen molar-refractivity contribution in [2.24, 2.45) is 0 Å². The van der Waals surface area contributed by atoms with Gasteiger partial charge < -0.3 is 94.7 Å². The van der Waals surface area contributed by atoms with Gasteiger partial charge in [-0.05, 0) is 94.1 Å². The van der Waals surface area contributed by atoms with Crippen LogP contribution in [0.25, 0.3) is 0 Å². The van der Waals surface area contributed by atoms with Crippen LogP contribution >= 0.6 is 23.5 Å². The summed E-state index contributed by atoms with van der Waals surface area (Å²) in [5.41, 5.74) is 0. The summed E-state index contributed by atoms with van der Waals surface area (Å²) in [6, 6.07) is 0. The van der Waals surface area contributed by atoms with E-state index in [1.165, 1.54) is 42.7 Å². The molecule has 0 aliphatic rings. The van der Waals surface area contributed by atoms with Crippen molar-refractivity contribution in [3.05, 3.63) is 0 Å². The smallest absolute Gasteiger partial charge is 0.344 e. The van der Waals surface area contributed by atoms with Gasteiger partial charge in [0.25, 0.3) is 0 Å². The van der Waals surface area contributed by atoms with Gasteiger partial charge in [0, 0.05) is 85.6 Å². The molecule has 0 rings (SSSR count). The monoisotopic (exact) mass is 1540 g/mol. The lowest BCUT2D eigenvalue weighted by molar-refractivity contribution is -0.156. The number of esters is 11. The van der Waals surface area contributed by atoms with Gasteiger partial charge in [-0.1, -0.05) is 48.5 Å². The number of thioether (sulfide) groups is 2. The molecular formula is C68H134O33S2. The van der Waals surface area contributed by atoms with Crippen molar-refractivity contribution in [2.45, 2.75) is 170 Å². The van der Waals surface area contributed by atoms with Crippen molar-refractivity contribution in [2.75, 3.05) is 198 Å². The summed E-state index contributed by atoms with van der Waals surface area (Å²) in [7, 11) is 7.92. The van der Waals surface area contributed by atoms with E-state index in [1.54, 1.807) is 60.2 Å². The number of ether oxygens (including phenoxy) is 20. The fraction of sp³-hybridized carbons (Fsp3) is 0.809. The Labute approximate surface area is 623 Å². The van der Waals surface area contributed by atoms with Crippen LogP contribution in [0.1, 0.15) is 170 Å². The second kappa shape index (κ2) is 117. The Balaban J connectivity index is -0.0000000878. The third-order valence-electron chi connectivity index (χ3n) is 8.93. The number of hydrogen-bond acceptors (Lipinski definition) is 35. The number of hydrogen-bond donors (Lipinski definition) is 0. The normalized spacial score (nSPS) is 8.97. The highest BCUT2D eigenvalue weighted by molar-refractivity contribution is 7.99. The molecule has 0 bridgehead atoms. The highest BCUT2D eigenvalue weighted by Gasteiger charge is 2.09. The molecule has 0 aromatic rings. The summed E-state index contributed by atoms with van der Waals surface area (Å²) in [5.74, 6) is -0.550. The number of ketones is 2. The molecule has 0 heterocycles. The summed E-state index contributed by atoms with van der Waals surface area (Å²) in [6.45, 7) is 40.9. The third-order valence-corrected chi connectivity index (χ3v) is 10.5. The predicted molar refractivity (Wildman–Crippen MR) is 389 cm³/mol. The van der Waals surface area contributed by atoms with Crippen LogP contribution in [0.2, 0.25) is 0 Å². The first kappa shape index (κ1) is 124. The van der Waals surface area contributed by atoms with Crippen LogP contribution in [0.3, 0.4) is 0 Å². The van der Waals surface area contributed by atoms with E-state index in [0.29, 0.717) is 84.7 Å². The molecule has 0 spiro atoms. The van der Waals surface area contributed by atoms with Gasteiger partial charge in [0.1, 0.15) is 58.5 Å². The molecule has 0 unspecified atom stereocenters. The van der Waals surface area contributed by atoms with E-state index in [2.05, 4.69) is 70.7 Å². The number of methoxy groups -OCH3 is 6. The van der Waals surface area contributed by atoms with Crippen molar-refractivity contribution < 1.29 is 157 Å². The maximum absolute atomic E-state index is 10.5. The average molecular weight is 1540 g/mol. The minimum Gasteiger partial charge on any atom is -0.469 e. The molecule has 0 amide bonds. The Morgan fingerprint density at radius 2 is 0.602 bits per heavy atom. The van der Waals surface area contributed by atoms with Gasteiger partial charge in [-0.2, -0.15) is 11.8 Å². The second-order valence-corrected chi connectivity index (χ2v) is 19.5. The third kappa shape index (κ3) is 155. The molecule has 616 valence electrons. The average Bonchev–Trinajstić information content (AvgIpc) is 3.75. The van der Waals surface area contributed by atoms with Crippen LogP contribution in [-0.4, -0.2) is 276 Å². The summed E-state index contributed by atoms with van der Waals surface area (Å²) in [6.07, 6.45) is 2.34. The van der Waals surface area contributed by atoms with E-state index >= 15 is 0 Å². The lowest BCUT2D eigenvalue weighted by Crippen LogP contribution is -2.13. The molecule has 0 saturated carbocycles. The van der Waals surface area contributed by atoms with Crippen LogP contribution in [0.4, 0.5) is 0 Å². The van der Waals surface area contributed by atoms with Gasteiger partial charge in [-0.3, -0.25) is 38.4 Å². The van der Waals surface area contributed by atoms with E-state index in [-0.39, 0.29) is 120 Å². The fourth-order valence-corrected chi connectivity index (χ4v) is 4.77. The first-order valence-corrected chi connectivity index (χ1v) is 36.0. The molecule has 0 aliphatic heterocycles. The van der Waals surface area contributed by atoms with E-state index in [1.807, 2.05) is 74.1 Å². The Hall–Kier alpha value is -6.15. The summed E-state index contributed by atoms with van der Waals surface area (Å²) in [4.78, 5) is 135. The SMILES string of the molecule is CCC(=O)CC(=O)OC.CCC(=O)OCC(=O)OC.CCCOCOCC.CCOC(=O)CC(=O)OC.CCOC(=O)COC.CCOCC(=O)CC.CCOCC(=O)OC.CCOCC(=O)OCC.CCOCC(=O)OCC.CCOCOC(=O)CC.CCOCSCC.CCSCC(=O)OC. The Morgan fingerprint density at radius 1 is 0.252 bits per heavy atom. The summed E-state index contributed by atoms with van der Waals surface area (Å²) >= 11 is 3.38. The zero-order valence-corrected chi connectivity index (χ0v) is 68.3. The van der Waals surface area contributed by atoms with Gasteiger partial charge in [0.15, 0.2) is 19.2 Å². The molecule has 0 saturated heterocycles. The number of Topliss-reactive ketones (excluding diaryl/α,β-unsaturated/α-hetero) is 2. The Bertz CT molecular complexity index is 1780. The zero-order valence-electron chi connectivity index (χ0n) is 66.7. The van der Waals surface area contributed by atoms with Gasteiger partial charge in [0.05, 0.1) is 73.7 Å². The van der Waals surface area contributed by atoms with E-state index in [4.69, 9.17) is 37.9 Å². The predicted octanol–water partition coefficient (Wildman–Crippen LogP) is 8.31. The van der Waals surface area contributed by atoms with Gasteiger partial charge in [-0.25, -0.2) is 24.0 Å². The molecule has 103 heavy (non-hydrogen) atoms. The van der Waals surface area contributed by atoms with E-state index in [9.17, 15) is 62.3 Å². The van der Waals surface area contributed by atoms with Crippen LogP contribution < -0.4 is 0 Å². The topological polar surface area (TPSA) is 407 Å². The number of rotatable bonds is 43. The number of carbonyl (C=O) groups excluding carboxylic acids is 13. The van der Waals surface area contributed by atoms with E-state index in [0.717, 1.165) is 43.7 Å². The molecule has 35 heteroatoms. The van der Waals surface area contributed by atoms with Crippen molar-refractivity contribution in [3.8, 4) is 0 Å². The van der Waals surface area contributed by atoms with Crippen molar-refractivity contribution in [1.82, 2.24) is 0 Å². The van der Waals surface area contributed by atoms with Crippen LogP contribution in [0, 0.1) is 0 Å². The maximum Gasteiger partial charge on any atom is 0.344 e. The van der Waals surface area contributed by atoms with E-state index < -0.39 is 29.8 Å². The largest absolute Gasteiger partial charge is 0.469 e. The van der Waals surface area contributed by atoms with Crippen LogP contribution in [0.15, 0.2) is 0 Å². The minimum atomic E-state index is -0.571. The molecule has 0 radical (unpaired) electrons.